The van der Waals surface area contributed by atoms with Crippen LogP contribution in [0.4, 0.5) is 5.69 Å². The monoisotopic (exact) mass is 344 g/mol. The van der Waals surface area contributed by atoms with Gasteiger partial charge in [-0.05, 0) is 42.8 Å². The number of carbonyl (C=O) groups is 1. The molecule has 1 amide bonds. The Hall–Kier alpha value is -2.34. The zero-order valence-corrected chi connectivity index (χ0v) is 14.3. The number of carbonyl (C=O) groups excluding carboxylic acids is 1. The molecule has 0 saturated carbocycles. The molecule has 1 N–H and O–H groups in total. The number of rotatable bonds is 4. The SMILES string of the molecule is CS(=O)(=O)c1ccc(C(=O)N[C@H]2CCN(c3ccccc3)C2)cc1. The van der Waals surface area contributed by atoms with Crippen LogP contribution in [0, 0.1) is 0 Å². The Morgan fingerprint density at radius 1 is 1.08 bits per heavy atom. The average molecular weight is 344 g/mol. The third-order valence-electron chi connectivity index (χ3n) is 4.19. The van der Waals surface area contributed by atoms with Crippen molar-refractivity contribution < 1.29 is 13.2 Å². The summed E-state index contributed by atoms with van der Waals surface area (Å²) in [6.45, 7) is 1.68. The molecule has 0 radical (unpaired) electrons. The molecule has 0 spiro atoms. The fraction of sp³-hybridized carbons (Fsp3) is 0.278. The maximum atomic E-state index is 12.3. The predicted molar refractivity (Wildman–Crippen MR) is 94.1 cm³/mol. The number of para-hydroxylation sites is 1. The molecule has 0 aliphatic carbocycles. The minimum Gasteiger partial charge on any atom is -0.369 e. The summed E-state index contributed by atoms with van der Waals surface area (Å²) in [7, 11) is -3.24. The number of hydrogen-bond acceptors (Lipinski definition) is 4. The normalized spacial score (nSPS) is 17.7. The summed E-state index contributed by atoms with van der Waals surface area (Å²) in [5, 5.41) is 3.02. The van der Waals surface area contributed by atoms with E-state index in [2.05, 4.69) is 22.3 Å². The van der Waals surface area contributed by atoms with Crippen molar-refractivity contribution in [3.8, 4) is 0 Å². The predicted octanol–water partition coefficient (Wildman–Crippen LogP) is 2.10. The van der Waals surface area contributed by atoms with Gasteiger partial charge in [-0.1, -0.05) is 18.2 Å². The van der Waals surface area contributed by atoms with Gasteiger partial charge < -0.3 is 10.2 Å². The van der Waals surface area contributed by atoms with Gasteiger partial charge in [-0.2, -0.15) is 0 Å². The van der Waals surface area contributed by atoms with Crippen LogP contribution in [0.3, 0.4) is 0 Å². The Kier molecular flexibility index (Phi) is 4.57. The Labute approximate surface area is 142 Å². The molecule has 1 heterocycles. The summed E-state index contributed by atoms with van der Waals surface area (Å²) in [5.41, 5.74) is 1.63. The van der Waals surface area contributed by atoms with Crippen LogP contribution in [-0.4, -0.2) is 39.7 Å². The van der Waals surface area contributed by atoms with E-state index in [1.165, 1.54) is 12.1 Å². The molecular weight excluding hydrogens is 324 g/mol. The lowest BCUT2D eigenvalue weighted by Crippen LogP contribution is -2.37. The molecule has 0 bridgehead atoms. The largest absolute Gasteiger partial charge is 0.369 e. The second-order valence-electron chi connectivity index (χ2n) is 6.04. The average Bonchev–Trinajstić information content (AvgIpc) is 3.03. The Morgan fingerprint density at radius 2 is 1.75 bits per heavy atom. The Morgan fingerprint density at radius 3 is 2.38 bits per heavy atom. The van der Waals surface area contributed by atoms with Gasteiger partial charge in [0.1, 0.15) is 0 Å². The van der Waals surface area contributed by atoms with Gasteiger partial charge in [0.25, 0.3) is 5.91 Å². The highest BCUT2D eigenvalue weighted by Gasteiger charge is 2.24. The van der Waals surface area contributed by atoms with E-state index < -0.39 is 9.84 Å². The molecule has 1 saturated heterocycles. The first kappa shape index (κ1) is 16.5. The van der Waals surface area contributed by atoms with Crippen molar-refractivity contribution in [2.24, 2.45) is 0 Å². The molecule has 5 nitrogen and oxygen atoms in total. The molecule has 0 aromatic heterocycles. The zero-order valence-electron chi connectivity index (χ0n) is 13.5. The van der Waals surface area contributed by atoms with Crippen molar-refractivity contribution >= 4 is 21.4 Å². The van der Waals surface area contributed by atoms with E-state index in [-0.39, 0.29) is 16.8 Å². The maximum absolute atomic E-state index is 12.3. The van der Waals surface area contributed by atoms with Crippen molar-refractivity contribution in [1.29, 1.82) is 0 Å². The molecular formula is C18H20N2O3S. The molecule has 6 heteroatoms. The summed E-state index contributed by atoms with van der Waals surface area (Å²) >= 11 is 0. The van der Waals surface area contributed by atoms with Gasteiger partial charge in [0.05, 0.1) is 4.90 Å². The second kappa shape index (κ2) is 6.65. The Bertz CT molecular complexity index is 817. The summed E-state index contributed by atoms with van der Waals surface area (Å²) in [6, 6.07) is 16.2. The highest BCUT2D eigenvalue weighted by molar-refractivity contribution is 7.90. The van der Waals surface area contributed by atoms with Gasteiger partial charge in [-0.15, -0.1) is 0 Å². The standard InChI is InChI=1S/C18H20N2O3S/c1-24(22,23)17-9-7-14(8-10-17)18(21)19-15-11-12-20(13-15)16-5-3-2-4-6-16/h2-10,15H,11-13H2,1H3,(H,19,21)/t15-/m0/s1. The van der Waals surface area contributed by atoms with Gasteiger partial charge in [-0.3, -0.25) is 4.79 Å². The number of sulfone groups is 1. The van der Waals surface area contributed by atoms with Crippen LogP contribution in [0.1, 0.15) is 16.8 Å². The zero-order chi connectivity index (χ0) is 17.2. The van der Waals surface area contributed by atoms with Gasteiger partial charge in [0.2, 0.25) is 0 Å². The fourth-order valence-electron chi connectivity index (χ4n) is 2.87. The molecule has 1 fully saturated rings. The van der Waals surface area contributed by atoms with Crippen LogP contribution in [0.25, 0.3) is 0 Å². The van der Waals surface area contributed by atoms with Crippen molar-refractivity contribution in [3.63, 3.8) is 0 Å². The summed E-state index contributed by atoms with van der Waals surface area (Å²) in [5.74, 6) is -0.171. The smallest absolute Gasteiger partial charge is 0.251 e. The summed E-state index contributed by atoms with van der Waals surface area (Å²) in [6.07, 6.45) is 2.04. The van der Waals surface area contributed by atoms with Crippen LogP contribution in [0.5, 0.6) is 0 Å². The van der Waals surface area contributed by atoms with Crippen molar-refractivity contribution in [2.75, 3.05) is 24.2 Å². The molecule has 2 aromatic rings. The van der Waals surface area contributed by atoms with Crippen LogP contribution < -0.4 is 10.2 Å². The maximum Gasteiger partial charge on any atom is 0.251 e. The number of amides is 1. The fourth-order valence-corrected chi connectivity index (χ4v) is 3.50. The lowest BCUT2D eigenvalue weighted by atomic mass is 10.2. The first-order chi connectivity index (χ1) is 11.4. The van der Waals surface area contributed by atoms with Crippen molar-refractivity contribution in [2.45, 2.75) is 17.4 Å². The van der Waals surface area contributed by atoms with E-state index in [0.717, 1.165) is 31.5 Å². The Balaban J connectivity index is 1.62. The first-order valence-corrected chi connectivity index (χ1v) is 9.73. The van der Waals surface area contributed by atoms with Gasteiger partial charge in [-0.25, -0.2) is 8.42 Å². The number of nitrogens with zero attached hydrogens (tertiary/aromatic N) is 1. The summed E-state index contributed by atoms with van der Waals surface area (Å²) < 4.78 is 22.9. The van der Waals surface area contributed by atoms with Gasteiger partial charge >= 0.3 is 0 Å². The van der Waals surface area contributed by atoms with Crippen LogP contribution in [-0.2, 0) is 9.84 Å². The van der Waals surface area contributed by atoms with Crippen molar-refractivity contribution in [1.82, 2.24) is 5.32 Å². The number of hydrogen-bond donors (Lipinski definition) is 1. The molecule has 3 rings (SSSR count). The van der Waals surface area contributed by atoms with Gasteiger partial charge in [0.15, 0.2) is 9.84 Å². The van der Waals surface area contributed by atoms with Crippen LogP contribution in [0.15, 0.2) is 59.5 Å². The van der Waals surface area contributed by atoms with E-state index in [4.69, 9.17) is 0 Å². The van der Waals surface area contributed by atoms with E-state index in [9.17, 15) is 13.2 Å². The van der Waals surface area contributed by atoms with Crippen LogP contribution in [0.2, 0.25) is 0 Å². The van der Waals surface area contributed by atoms with E-state index in [1.54, 1.807) is 12.1 Å². The first-order valence-electron chi connectivity index (χ1n) is 7.84. The quantitative estimate of drug-likeness (QED) is 0.922. The van der Waals surface area contributed by atoms with E-state index >= 15 is 0 Å². The number of nitrogens with one attached hydrogen (secondary N) is 1. The molecule has 0 unspecified atom stereocenters. The van der Waals surface area contributed by atoms with E-state index in [0.29, 0.717) is 5.56 Å². The molecule has 1 aliphatic heterocycles. The van der Waals surface area contributed by atoms with Crippen molar-refractivity contribution in [3.05, 3.63) is 60.2 Å². The molecule has 24 heavy (non-hydrogen) atoms. The third kappa shape index (κ3) is 3.76. The molecule has 1 aliphatic rings. The van der Waals surface area contributed by atoms with Gasteiger partial charge in [0, 0.05) is 36.6 Å². The second-order valence-corrected chi connectivity index (χ2v) is 8.05. The molecule has 2 aromatic carbocycles. The molecule has 126 valence electrons. The molecule has 1 atom stereocenters. The number of anilines is 1. The number of benzene rings is 2. The minimum atomic E-state index is -3.24. The highest BCUT2D eigenvalue weighted by Crippen LogP contribution is 2.20. The lowest BCUT2D eigenvalue weighted by molar-refractivity contribution is 0.0940. The minimum absolute atomic E-state index is 0.0901. The third-order valence-corrected chi connectivity index (χ3v) is 5.32. The summed E-state index contributed by atoms with van der Waals surface area (Å²) in [4.78, 5) is 14.8. The highest BCUT2D eigenvalue weighted by atomic mass is 32.2. The van der Waals surface area contributed by atoms with Crippen LogP contribution >= 0.6 is 0 Å². The van der Waals surface area contributed by atoms with E-state index in [1.807, 2.05) is 18.2 Å². The lowest BCUT2D eigenvalue weighted by Gasteiger charge is -2.19. The topological polar surface area (TPSA) is 66.5 Å².